The normalized spacial score (nSPS) is 13.9. The number of anilines is 1. The van der Waals surface area contributed by atoms with Crippen molar-refractivity contribution in [3.63, 3.8) is 0 Å². The van der Waals surface area contributed by atoms with Crippen LogP contribution < -0.4 is 5.32 Å². The van der Waals surface area contributed by atoms with Gasteiger partial charge in [0.25, 0.3) is 0 Å². The summed E-state index contributed by atoms with van der Waals surface area (Å²) in [6.07, 6.45) is 1.76. The maximum absolute atomic E-state index is 12.3. The minimum atomic E-state index is -0.982. The first-order valence-electron chi connectivity index (χ1n) is 6.75. The largest absolute Gasteiger partial charge is 0.480 e. The molecule has 0 saturated heterocycles. The van der Waals surface area contributed by atoms with E-state index in [0.717, 1.165) is 35.2 Å². The molecule has 2 N–H and O–H groups in total. The molecule has 0 aromatic heterocycles. The van der Waals surface area contributed by atoms with E-state index >= 15 is 0 Å². The summed E-state index contributed by atoms with van der Waals surface area (Å²) in [5.74, 6) is -0.982. The number of carboxylic acid groups (broad SMARTS) is 1. The van der Waals surface area contributed by atoms with E-state index in [1.54, 1.807) is 0 Å². The molecule has 2 rings (SSSR count). The topological polar surface area (TPSA) is 69.6 Å². The Hall–Kier alpha value is -2.04. The molecular formula is C15H20N2O3. The number of carboxylic acids is 1. The van der Waals surface area contributed by atoms with Gasteiger partial charge in [0, 0.05) is 11.7 Å². The van der Waals surface area contributed by atoms with E-state index in [-0.39, 0.29) is 18.6 Å². The lowest BCUT2D eigenvalue weighted by Crippen LogP contribution is -2.40. The average Bonchev–Trinajstić information content (AvgIpc) is 3.14. The Morgan fingerprint density at radius 2 is 1.80 bits per heavy atom. The summed E-state index contributed by atoms with van der Waals surface area (Å²) in [5, 5.41) is 11.8. The second kappa shape index (κ2) is 5.53. The molecule has 0 radical (unpaired) electrons. The quantitative estimate of drug-likeness (QED) is 0.888. The van der Waals surface area contributed by atoms with Crippen LogP contribution in [0.25, 0.3) is 0 Å². The molecule has 108 valence electrons. The van der Waals surface area contributed by atoms with E-state index in [0.29, 0.717) is 0 Å². The third-order valence-corrected chi connectivity index (χ3v) is 3.46. The third-order valence-electron chi connectivity index (χ3n) is 3.46. The number of hydrogen-bond donors (Lipinski definition) is 2. The van der Waals surface area contributed by atoms with E-state index in [1.807, 2.05) is 32.9 Å². The molecule has 0 aliphatic heterocycles. The zero-order valence-electron chi connectivity index (χ0n) is 12.1. The van der Waals surface area contributed by atoms with Gasteiger partial charge in [0.2, 0.25) is 0 Å². The first kappa shape index (κ1) is 14.4. The number of carbonyl (C=O) groups is 2. The zero-order chi connectivity index (χ0) is 14.9. The highest BCUT2D eigenvalue weighted by Crippen LogP contribution is 2.28. The van der Waals surface area contributed by atoms with Crippen LogP contribution in [0.1, 0.15) is 29.5 Å². The van der Waals surface area contributed by atoms with Crippen LogP contribution in [0.3, 0.4) is 0 Å². The number of nitrogens with zero attached hydrogens (tertiary/aromatic N) is 1. The van der Waals surface area contributed by atoms with Crippen molar-refractivity contribution in [1.82, 2.24) is 4.90 Å². The van der Waals surface area contributed by atoms with E-state index in [9.17, 15) is 9.59 Å². The van der Waals surface area contributed by atoms with Gasteiger partial charge in [-0.25, -0.2) is 4.79 Å². The molecule has 5 nitrogen and oxygen atoms in total. The van der Waals surface area contributed by atoms with Crippen LogP contribution in [0.2, 0.25) is 0 Å². The standard InChI is InChI=1S/C15H20N2O3/c1-9-6-10(2)14(11(3)7-9)16-15(20)17(8-13(18)19)12-4-5-12/h6-7,12H,4-5,8H2,1-3H3,(H,16,20)(H,18,19). The Balaban J connectivity index is 2.16. The van der Waals surface area contributed by atoms with E-state index in [1.165, 1.54) is 4.90 Å². The van der Waals surface area contributed by atoms with Gasteiger partial charge < -0.3 is 15.3 Å². The monoisotopic (exact) mass is 276 g/mol. The lowest BCUT2D eigenvalue weighted by Gasteiger charge is -2.22. The molecule has 0 bridgehead atoms. The molecule has 1 fully saturated rings. The van der Waals surface area contributed by atoms with Crippen LogP contribution in [-0.2, 0) is 4.79 Å². The summed E-state index contributed by atoms with van der Waals surface area (Å²) in [7, 11) is 0. The Bertz CT molecular complexity index is 527. The van der Waals surface area contributed by atoms with Crippen LogP contribution in [-0.4, -0.2) is 34.6 Å². The molecule has 0 unspecified atom stereocenters. The molecule has 1 aliphatic carbocycles. The number of amides is 2. The van der Waals surface area contributed by atoms with Crippen LogP contribution in [0.5, 0.6) is 0 Å². The highest BCUT2D eigenvalue weighted by Gasteiger charge is 2.34. The molecular weight excluding hydrogens is 256 g/mol. The molecule has 1 saturated carbocycles. The van der Waals surface area contributed by atoms with Gasteiger partial charge >= 0.3 is 12.0 Å². The number of nitrogens with one attached hydrogen (secondary N) is 1. The van der Waals surface area contributed by atoms with Gasteiger partial charge in [0.1, 0.15) is 6.54 Å². The maximum Gasteiger partial charge on any atom is 0.323 e. The fourth-order valence-electron chi connectivity index (χ4n) is 2.45. The fourth-order valence-corrected chi connectivity index (χ4v) is 2.45. The zero-order valence-corrected chi connectivity index (χ0v) is 12.1. The summed E-state index contributed by atoms with van der Waals surface area (Å²) >= 11 is 0. The number of aliphatic carboxylic acids is 1. The number of hydrogen-bond acceptors (Lipinski definition) is 2. The smallest absolute Gasteiger partial charge is 0.323 e. The van der Waals surface area contributed by atoms with Crippen molar-refractivity contribution in [2.24, 2.45) is 0 Å². The van der Waals surface area contributed by atoms with Crippen molar-refractivity contribution in [1.29, 1.82) is 0 Å². The van der Waals surface area contributed by atoms with Gasteiger partial charge in [0.05, 0.1) is 0 Å². The van der Waals surface area contributed by atoms with E-state index in [4.69, 9.17) is 5.11 Å². The number of rotatable bonds is 4. The van der Waals surface area contributed by atoms with Crippen molar-refractivity contribution < 1.29 is 14.7 Å². The Morgan fingerprint density at radius 3 is 2.25 bits per heavy atom. The predicted octanol–water partition coefficient (Wildman–Crippen LogP) is 2.69. The Kier molecular flexibility index (Phi) is 3.97. The highest BCUT2D eigenvalue weighted by atomic mass is 16.4. The molecule has 20 heavy (non-hydrogen) atoms. The Labute approximate surface area is 118 Å². The van der Waals surface area contributed by atoms with Gasteiger partial charge in [-0.05, 0) is 44.7 Å². The first-order valence-corrected chi connectivity index (χ1v) is 6.75. The maximum atomic E-state index is 12.3. The van der Waals surface area contributed by atoms with Crippen molar-refractivity contribution in [2.75, 3.05) is 11.9 Å². The van der Waals surface area contributed by atoms with E-state index < -0.39 is 5.97 Å². The third kappa shape index (κ3) is 3.29. The van der Waals surface area contributed by atoms with Crippen molar-refractivity contribution in [3.8, 4) is 0 Å². The van der Waals surface area contributed by atoms with Gasteiger partial charge in [-0.1, -0.05) is 17.7 Å². The number of carbonyl (C=O) groups excluding carboxylic acids is 1. The van der Waals surface area contributed by atoms with E-state index in [2.05, 4.69) is 5.32 Å². The summed E-state index contributed by atoms with van der Waals surface area (Å²) in [6, 6.07) is 3.74. The summed E-state index contributed by atoms with van der Waals surface area (Å²) in [4.78, 5) is 24.5. The van der Waals surface area contributed by atoms with Crippen molar-refractivity contribution >= 4 is 17.7 Å². The van der Waals surface area contributed by atoms with Gasteiger partial charge in [-0.15, -0.1) is 0 Å². The minimum Gasteiger partial charge on any atom is -0.480 e. The number of aryl methyl sites for hydroxylation is 3. The van der Waals surface area contributed by atoms with Gasteiger partial charge in [0.15, 0.2) is 0 Å². The Morgan fingerprint density at radius 1 is 1.25 bits per heavy atom. The lowest BCUT2D eigenvalue weighted by molar-refractivity contribution is -0.137. The van der Waals surface area contributed by atoms with Gasteiger partial charge in [-0.2, -0.15) is 0 Å². The van der Waals surface area contributed by atoms with Crippen molar-refractivity contribution in [2.45, 2.75) is 39.7 Å². The van der Waals surface area contributed by atoms with Crippen LogP contribution in [0.4, 0.5) is 10.5 Å². The molecule has 0 heterocycles. The van der Waals surface area contributed by atoms with Crippen LogP contribution >= 0.6 is 0 Å². The number of urea groups is 1. The molecule has 0 spiro atoms. The average molecular weight is 276 g/mol. The predicted molar refractivity (Wildman–Crippen MR) is 77.0 cm³/mol. The van der Waals surface area contributed by atoms with Crippen LogP contribution in [0, 0.1) is 20.8 Å². The second-order valence-electron chi connectivity index (χ2n) is 5.46. The molecule has 1 aromatic rings. The minimum absolute atomic E-state index is 0.0668. The molecule has 1 aliphatic rings. The lowest BCUT2D eigenvalue weighted by atomic mass is 10.1. The summed E-state index contributed by atoms with van der Waals surface area (Å²) < 4.78 is 0. The fraction of sp³-hybridized carbons (Fsp3) is 0.467. The van der Waals surface area contributed by atoms with Crippen LogP contribution in [0.15, 0.2) is 12.1 Å². The van der Waals surface area contributed by atoms with Gasteiger partial charge in [-0.3, -0.25) is 4.79 Å². The second-order valence-corrected chi connectivity index (χ2v) is 5.46. The first-order chi connectivity index (χ1) is 9.38. The molecule has 0 atom stereocenters. The molecule has 5 heteroatoms. The highest BCUT2D eigenvalue weighted by molar-refractivity contribution is 5.93. The number of benzene rings is 1. The summed E-state index contributed by atoms with van der Waals surface area (Å²) in [6.45, 7) is 5.63. The molecule has 1 aromatic carbocycles. The van der Waals surface area contributed by atoms with Crippen molar-refractivity contribution in [3.05, 3.63) is 28.8 Å². The molecule has 2 amide bonds. The SMILES string of the molecule is Cc1cc(C)c(NC(=O)N(CC(=O)O)C2CC2)c(C)c1. The summed E-state index contributed by atoms with van der Waals surface area (Å²) in [5.41, 5.74) is 3.89.